The van der Waals surface area contributed by atoms with Gasteiger partial charge in [0.05, 0.1) is 6.54 Å². The molecule has 2 aromatic heterocycles. The number of aromatic nitrogens is 7. The number of hydrogen-bond acceptors (Lipinski definition) is 5. The highest BCUT2D eigenvalue weighted by Gasteiger charge is 2.30. The molecular formula is C22H21F2N7. The Balaban J connectivity index is 1.62. The highest BCUT2D eigenvalue weighted by atomic mass is 19.3. The molecule has 0 spiro atoms. The van der Waals surface area contributed by atoms with Crippen molar-refractivity contribution in [3.05, 3.63) is 71.8 Å². The number of tetrazole rings is 1. The van der Waals surface area contributed by atoms with Gasteiger partial charge in [-0.25, -0.2) is 14.8 Å². The molecule has 0 saturated carbocycles. The summed E-state index contributed by atoms with van der Waals surface area (Å²) in [6.07, 6.45) is 4.37. The number of nitrogens with zero attached hydrogens (tertiary/aromatic N) is 6. The summed E-state index contributed by atoms with van der Waals surface area (Å²) < 4.78 is 29.0. The predicted molar refractivity (Wildman–Crippen MR) is 113 cm³/mol. The molecular weight excluding hydrogens is 400 g/mol. The van der Waals surface area contributed by atoms with Gasteiger partial charge in [-0.1, -0.05) is 61.5 Å². The third-order valence-corrected chi connectivity index (χ3v) is 4.72. The molecule has 0 fully saturated rings. The van der Waals surface area contributed by atoms with Gasteiger partial charge in [-0.2, -0.15) is 8.78 Å². The van der Waals surface area contributed by atoms with Gasteiger partial charge in [-0.05, 0) is 39.6 Å². The highest BCUT2D eigenvalue weighted by molar-refractivity contribution is 5.80. The standard InChI is InChI=1S/C22H21F2N7/c1-3-4-9-19-25-21(22(2,23)24)28-31(19)14-15-10-12-16(13-11-15)17-7-5-6-8-18(17)20-26-29-30-27-20/h4-13H,3,14H2,1-2H3,(H,26,27,29,30). The van der Waals surface area contributed by atoms with Crippen LogP contribution in [0.15, 0.2) is 54.6 Å². The summed E-state index contributed by atoms with van der Waals surface area (Å²) in [7, 11) is 0. The molecule has 1 N–H and O–H groups in total. The van der Waals surface area contributed by atoms with Gasteiger partial charge < -0.3 is 0 Å². The molecule has 0 aliphatic heterocycles. The number of alkyl halides is 2. The summed E-state index contributed by atoms with van der Waals surface area (Å²) in [6.45, 7) is 3.11. The van der Waals surface area contributed by atoms with E-state index < -0.39 is 11.7 Å². The van der Waals surface area contributed by atoms with Crippen molar-refractivity contribution in [2.24, 2.45) is 0 Å². The van der Waals surface area contributed by atoms with Gasteiger partial charge in [-0.3, -0.25) is 0 Å². The summed E-state index contributed by atoms with van der Waals surface area (Å²) in [5.41, 5.74) is 3.77. The smallest absolute Gasteiger partial charge is 0.241 e. The molecule has 0 aliphatic rings. The third kappa shape index (κ3) is 4.55. The maximum absolute atomic E-state index is 13.7. The zero-order valence-electron chi connectivity index (χ0n) is 17.1. The normalized spacial score (nSPS) is 12.0. The molecule has 4 rings (SSSR count). The van der Waals surface area contributed by atoms with Gasteiger partial charge in [0, 0.05) is 12.5 Å². The van der Waals surface area contributed by atoms with Crippen molar-refractivity contribution < 1.29 is 8.78 Å². The molecule has 7 nitrogen and oxygen atoms in total. The molecule has 0 radical (unpaired) electrons. The number of allylic oxidation sites excluding steroid dienone is 1. The predicted octanol–water partition coefficient (Wildman–Crippen LogP) is 4.71. The fourth-order valence-electron chi connectivity index (χ4n) is 3.18. The van der Waals surface area contributed by atoms with Gasteiger partial charge in [0.2, 0.25) is 5.82 Å². The van der Waals surface area contributed by atoms with Gasteiger partial charge in [0.25, 0.3) is 0 Å². The lowest BCUT2D eigenvalue weighted by atomic mass is 9.98. The van der Waals surface area contributed by atoms with Crippen molar-refractivity contribution in [3.8, 4) is 22.5 Å². The summed E-state index contributed by atoms with van der Waals surface area (Å²) in [5.74, 6) is -2.58. The summed E-state index contributed by atoms with van der Waals surface area (Å²) in [6, 6.07) is 15.7. The molecule has 4 aromatic rings. The molecule has 0 saturated heterocycles. The van der Waals surface area contributed by atoms with E-state index in [-0.39, 0.29) is 0 Å². The fraction of sp³-hybridized carbons (Fsp3) is 0.227. The van der Waals surface area contributed by atoms with Crippen molar-refractivity contribution >= 4 is 6.08 Å². The van der Waals surface area contributed by atoms with Gasteiger partial charge in [0.15, 0.2) is 11.6 Å². The Morgan fingerprint density at radius 1 is 1.06 bits per heavy atom. The monoisotopic (exact) mass is 421 g/mol. The van der Waals surface area contributed by atoms with Crippen molar-refractivity contribution in [2.45, 2.75) is 32.7 Å². The van der Waals surface area contributed by atoms with E-state index in [0.29, 0.717) is 18.2 Å². The number of aromatic amines is 1. The molecule has 0 atom stereocenters. The lowest BCUT2D eigenvalue weighted by molar-refractivity contribution is 0.00759. The van der Waals surface area contributed by atoms with E-state index in [1.54, 1.807) is 6.08 Å². The van der Waals surface area contributed by atoms with Crippen LogP contribution in [0.5, 0.6) is 0 Å². The number of nitrogens with one attached hydrogen (secondary N) is 1. The lowest BCUT2D eigenvalue weighted by Gasteiger charge is -2.09. The van der Waals surface area contributed by atoms with Gasteiger partial charge >= 0.3 is 5.92 Å². The highest BCUT2D eigenvalue weighted by Crippen LogP contribution is 2.30. The SMILES string of the molecule is CCC=Cc1nc(C(C)(F)F)nn1Cc1ccc(-c2ccccc2-c2nnn[nH]2)cc1. The Morgan fingerprint density at radius 3 is 2.45 bits per heavy atom. The molecule has 2 heterocycles. The number of rotatable bonds is 7. The van der Waals surface area contributed by atoms with Crippen LogP contribution in [0.4, 0.5) is 8.78 Å². The third-order valence-electron chi connectivity index (χ3n) is 4.72. The van der Waals surface area contributed by atoms with Crippen LogP contribution in [0.25, 0.3) is 28.6 Å². The van der Waals surface area contributed by atoms with Crippen molar-refractivity contribution in [1.82, 2.24) is 35.4 Å². The second kappa shape index (κ2) is 8.55. The minimum atomic E-state index is -3.09. The number of hydrogen-bond donors (Lipinski definition) is 1. The Hall–Kier alpha value is -3.75. The topological polar surface area (TPSA) is 85.2 Å². The van der Waals surface area contributed by atoms with Crippen molar-refractivity contribution in [1.29, 1.82) is 0 Å². The van der Waals surface area contributed by atoms with E-state index in [4.69, 9.17) is 0 Å². The first kappa shape index (κ1) is 20.5. The van der Waals surface area contributed by atoms with E-state index >= 15 is 0 Å². The summed E-state index contributed by atoms with van der Waals surface area (Å²) in [5, 5.41) is 18.1. The Kier molecular flexibility index (Phi) is 5.66. The van der Waals surface area contributed by atoms with Crippen LogP contribution in [0.3, 0.4) is 0 Å². The largest absolute Gasteiger partial charge is 0.305 e. The molecule has 9 heteroatoms. The zero-order valence-corrected chi connectivity index (χ0v) is 17.1. The first-order chi connectivity index (χ1) is 15.0. The lowest BCUT2D eigenvalue weighted by Crippen LogP contribution is -2.11. The average Bonchev–Trinajstić information content (AvgIpc) is 3.43. The van der Waals surface area contributed by atoms with Crippen molar-refractivity contribution in [2.75, 3.05) is 0 Å². The first-order valence-electron chi connectivity index (χ1n) is 9.88. The van der Waals surface area contributed by atoms with E-state index in [0.717, 1.165) is 35.6 Å². The minimum absolute atomic E-state index is 0.334. The van der Waals surface area contributed by atoms with E-state index in [2.05, 4.69) is 30.7 Å². The minimum Gasteiger partial charge on any atom is -0.241 e. The Morgan fingerprint density at radius 2 is 1.81 bits per heavy atom. The van der Waals surface area contributed by atoms with Gasteiger partial charge in [0.1, 0.15) is 0 Å². The van der Waals surface area contributed by atoms with E-state index in [1.807, 2.05) is 61.5 Å². The molecule has 0 aliphatic carbocycles. The maximum atomic E-state index is 13.7. The second-order valence-corrected chi connectivity index (χ2v) is 7.14. The summed E-state index contributed by atoms with van der Waals surface area (Å²) in [4.78, 5) is 4.01. The summed E-state index contributed by atoms with van der Waals surface area (Å²) >= 11 is 0. The Bertz CT molecular complexity index is 1170. The quantitative estimate of drug-likeness (QED) is 0.467. The zero-order chi connectivity index (χ0) is 21.8. The van der Waals surface area contributed by atoms with Crippen LogP contribution >= 0.6 is 0 Å². The number of halogens is 2. The second-order valence-electron chi connectivity index (χ2n) is 7.14. The fourth-order valence-corrected chi connectivity index (χ4v) is 3.18. The van der Waals surface area contributed by atoms with Gasteiger partial charge in [-0.15, -0.1) is 10.2 Å². The number of H-pyrrole nitrogens is 1. The van der Waals surface area contributed by atoms with Crippen LogP contribution in [-0.2, 0) is 12.5 Å². The van der Waals surface area contributed by atoms with Crippen LogP contribution in [0.2, 0.25) is 0 Å². The molecule has 0 unspecified atom stereocenters. The van der Waals surface area contributed by atoms with Crippen molar-refractivity contribution in [3.63, 3.8) is 0 Å². The molecule has 158 valence electrons. The maximum Gasteiger partial charge on any atom is 0.305 e. The van der Waals surface area contributed by atoms with Crippen LogP contribution in [-0.4, -0.2) is 35.4 Å². The molecule has 0 amide bonds. The van der Waals surface area contributed by atoms with Crippen LogP contribution in [0, 0.1) is 0 Å². The van der Waals surface area contributed by atoms with E-state index in [9.17, 15) is 8.78 Å². The molecule has 2 aromatic carbocycles. The number of benzene rings is 2. The van der Waals surface area contributed by atoms with Crippen LogP contribution < -0.4 is 0 Å². The van der Waals surface area contributed by atoms with E-state index in [1.165, 1.54) is 4.68 Å². The van der Waals surface area contributed by atoms with Crippen LogP contribution in [0.1, 0.15) is 37.5 Å². The molecule has 0 bridgehead atoms. The Labute approximate surface area is 177 Å². The molecule has 31 heavy (non-hydrogen) atoms. The first-order valence-corrected chi connectivity index (χ1v) is 9.88. The average molecular weight is 421 g/mol.